The zero-order chi connectivity index (χ0) is 13.4. The SMILES string of the molecule is C=NC(=C/C)/C(=C\C(=C)OC(C)=O)C(/Cl)=N\C. The summed E-state index contributed by atoms with van der Waals surface area (Å²) in [5, 5.41) is 0.235. The zero-order valence-corrected chi connectivity index (χ0v) is 10.9. The van der Waals surface area contributed by atoms with Crippen molar-refractivity contribution in [2.75, 3.05) is 7.05 Å². The molecule has 0 aliphatic carbocycles. The molecule has 0 saturated heterocycles. The van der Waals surface area contributed by atoms with E-state index in [-0.39, 0.29) is 10.9 Å². The third-order valence-electron chi connectivity index (χ3n) is 1.72. The topological polar surface area (TPSA) is 51.0 Å². The molecule has 4 nitrogen and oxygen atoms in total. The summed E-state index contributed by atoms with van der Waals surface area (Å²) in [6.45, 7) is 10.1. The molecule has 0 aromatic heterocycles. The molecule has 0 unspecified atom stereocenters. The Labute approximate surface area is 106 Å². The summed E-state index contributed by atoms with van der Waals surface area (Å²) in [5.74, 6) is -0.291. The highest BCUT2D eigenvalue weighted by molar-refractivity contribution is 6.70. The molecule has 0 aromatic carbocycles. The van der Waals surface area contributed by atoms with Crippen molar-refractivity contribution < 1.29 is 9.53 Å². The van der Waals surface area contributed by atoms with E-state index in [1.165, 1.54) is 13.0 Å². The van der Waals surface area contributed by atoms with Gasteiger partial charge in [0.25, 0.3) is 0 Å². The highest BCUT2D eigenvalue weighted by Crippen LogP contribution is 2.18. The van der Waals surface area contributed by atoms with Crippen molar-refractivity contribution in [2.24, 2.45) is 9.98 Å². The lowest BCUT2D eigenvalue weighted by Crippen LogP contribution is -2.01. The van der Waals surface area contributed by atoms with Gasteiger partial charge in [-0.25, -0.2) is 0 Å². The molecule has 0 aliphatic rings. The van der Waals surface area contributed by atoms with Gasteiger partial charge in [-0.15, -0.1) is 0 Å². The van der Waals surface area contributed by atoms with Crippen LogP contribution in [0.25, 0.3) is 0 Å². The Morgan fingerprint density at radius 3 is 2.41 bits per heavy atom. The van der Waals surface area contributed by atoms with Crippen LogP contribution in [-0.2, 0) is 9.53 Å². The van der Waals surface area contributed by atoms with Gasteiger partial charge in [0.1, 0.15) is 10.9 Å². The highest BCUT2D eigenvalue weighted by Gasteiger charge is 2.09. The first-order chi connectivity index (χ1) is 7.96. The molecule has 0 atom stereocenters. The summed E-state index contributed by atoms with van der Waals surface area (Å²) >= 11 is 5.94. The van der Waals surface area contributed by atoms with E-state index in [9.17, 15) is 4.79 Å². The number of carbonyl (C=O) groups is 1. The maximum Gasteiger partial charge on any atom is 0.308 e. The minimum Gasteiger partial charge on any atom is -0.427 e. The molecule has 0 amide bonds. The molecule has 0 aliphatic heterocycles. The van der Waals surface area contributed by atoms with Crippen molar-refractivity contribution >= 4 is 29.5 Å². The van der Waals surface area contributed by atoms with Crippen LogP contribution in [0.1, 0.15) is 13.8 Å². The predicted octanol–water partition coefficient (Wildman–Crippen LogP) is 2.86. The molecule has 17 heavy (non-hydrogen) atoms. The van der Waals surface area contributed by atoms with Crippen molar-refractivity contribution in [2.45, 2.75) is 13.8 Å². The summed E-state index contributed by atoms with van der Waals surface area (Å²) < 4.78 is 4.80. The highest BCUT2D eigenvalue weighted by atomic mass is 35.5. The van der Waals surface area contributed by atoms with Gasteiger partial charge in [-0.3, -0.25) is 14.8 Å². The molecular weight excluding hydrogens is 240 g/mol. The molecule has 0 radical (unpaired) electrons. The van der Waals surface area contributed by atoms with E-state index in [0.717, 1.165) is 0 Å². The van der Waals surface area contributed by atoms with Crippen molar-refractivity contribution in [3.8, 4) is 0 Å². The number of hydrogen-bond donors (Lipinski definition) is 0. The molecule has 5 heteroatoms. The van der Waals surface area contributed by atoms with E-state index in [1.54, 1.807) is 20.0 Å². The summed E-state index contributed by atoms with van der Waals surface area (Å²) in [6.07, 6.45) is 3.20. The second-order valence-corrected chi connectivity index (χ2v) is 3.32. The Morgan fingerprint density at radius 1 is 1.47 bits per heavy atom. The molecule has 0 bridgehead atoms. The van der Waals surface area contributed by atoms with Gasteiger partial charge in [0, 0.05) is 19.5 Å². The number of hydrogen-bond acceptors (Lipinski definition) is 4. The molecule has 92 valence electrons. The van der Waals surface area contributed by atoms with Crippen molar-refractivity contribution in [1.82, 2.24) is 0 Å². The van der Waals surface area contributed by atoms with Gasteiger partial charge in [-0.1, -0.05) is 24.3 Å². The molecule has 0 saturated carbocycles. The molecule has 0 fully saturated rings. The predicted molar refractivity (Wildman–Crippen MR) is 71.5 cm³/mol. The van der Waals surface area contributed by atoms with Crippen molar-refractivity contribution in [3.05, 3.63) is 35.8 Å². The fraction of sp³-hybridized carbons (Fsp3) is 0.250. The van der Waals surface area contributed by atoms with Gasteiger partial charge in [-0.2, -0.15) is 0 Å². The average Bonchev–Trinajstić information content (AvgIpc) is 2.27. The largest absolute Gasteiger partial charge is 0.427 e. The first-order valence-electron chi connectivity index (χ1n) is 4.81. The molecular formula is C12H15ClN2O2. The van der Waals surface area contributed by atoms with E-state index in [2.05, 4.69) is 23.3 Å². The summed E-state index contributed by atoms with van der Waals surface area (Å²) in [6, 6.07) is 0. The lowest BCUT2D eigenvalue weighted by Gasteiger charge is -2.07. The Hall–Kier alpha value is -1.68. The number of halogens is 1. The van der Waals surface area contributed by atoms with E-state index in [0.29, 0.717) is 11.3 Å². The van der Waals surface area contributed by atoms with Crippen LogP contribution in [0.5, 0.6) is 0 Å². The monoisotopic (exact) mass is 254 g/mol. The maximum absolute atomic E-state index is 10.8. The number of aliphatic imine (C=N–C) groups is 2. The summed E-state index contributed by atoms with van der Waals surface area (Å²) in [5.41, 5.74) is 1.03. The van der Waals surface area contributed by atoms with Crippen LogP contribution >= 0.6 is 11.6 Å². The zero-order valence-electron chi connectivity index (χ0n) is 10.2. The summed E-state index contributed by atoms with van der Waals surface area (Å²) in [7, 11) is 1.54. The summed E-state index contributed by atoms with van der Waals surface area (Å²) in [4.78, 5) is 18.4. The van der Waals surface area contributed by atoms with E-state index in [1.807, 2.05) is 0 Å². The number of allylic oxidation sites excluding steroid dienone is 3. The third-order valence-corrected chi connectivity index (χ3v) is 2.09. The molecule has 0 aromatic rings. The third kappa shape index (κ3) is 5.26. The van der Waals surface area contributed by atoms with Crippen LogP contribution in [0.15, 0.2) is 45.7 Å². The average molecular weight is 255 g/mol. The van der Waals surface area contributed by atoms with Crippen LogP contribution < -0.4 is 0 Å². The Morgan fingerprint density at radius 2 is 2.06 bits per heavy atom. The van der Waals surface area contributed by atoms with Crippen LogP contribution in [0.4, 0.5) is 0 Å². The second kappa shape index (κ2) is 7.57. The minimum absolute atomic E-state index is 0.164. The van der Waals surface area contributed by atoms with Crippen molar-refractivity contribution in [3.63, 3.8) is 0 Å². The normalized spacial score (nSPS) is 13.3. The number of ether oxygens (including phenoxy) is 1. The lowest BCUT2D eigenvalue weighted by atomic mass is 10.1. The standard InChI is InChI=1S/C12H15ClN2O2/c1-6-11(14-4)10(12(13)15-5)7-8(2)17-9(3)16/h6-7H,2,4H2,1,3,5H3/b10-7+,11-6+,15-12+. The van der Waals surface area contributed by atoms with Gasteiger partial charge in [0.05, 0.1) is 5.70 Å². The fourth-order valence-electron chi connectivity index (χ4n) is 1.07. The van der Waals surface area contributed by atoms with Gasteiger partial charge in [0.2, 0.25) is 0 Å². The number of esters is 1. The minimum atomic E-state index is -0.455. The Kier molecular flexibility index (Phi) is 6.82. The fourth-order valence-corrected chi connectivity index (χ4v) is 1.22. The van der Waals surface area contributed by atoms with Gasteiger partial charge < -0.3 is 4.74 Å². The Bertz CT molecular complexity index is 420. The molecule has 0 rings (SSSR count). The number of rotatable bonds is 5. The molecule has 0 spiro atoms. The van der Waals surface area contributed by atoms with Crippen LogP contribution in [0.3, 0.4) is 0 Å². The molecule has 0 N–H and O–H groups in total. The van der Waals surface area contributed by atoms with E-state index < -0.39 is 5.97 Å². The van der Waals surface area contributed by atoms with E-state index >= 15 is 0 Å². The van der Waals surface area contributed by atoms with Crippen molar-refractivity contribution in [1.29, 1.82) is 0 Å². The number of carbonyl (C=O) groups excluding carboxylic acids is 1. The van der Waals surface area contributed by atoms with Crippen LogP contribution in [-0.4, -0.2) is 24.9 Å². The van der Waals surface area contributed by atoms with Crippen LogP contribution in [0.2, 0.25) is 0 Å². The smallest absolute Gasteiger partial charge is 0.308 e. The Balaban J connectivity index is 5.33. The molecule has 0 heterocycles. The van der Waals surface area contributed by atoms with Gasteiger partial charge in [0.15, 0.2) is 0 Å². The van der Waals surface area contributed by atoms with Gasteiger partial charge in [-0.05, 0) is 19.7 Å². The van der Waals surface area contributed by atoms with E-state index in [4.69, 9.17) is 16.3 Å². The first-order valence-corrected chi connectivity index (χ1v) is 5.19. The first kappa shape index (κ1) is 15.3. The lowest BCUT2D eigenvalue weighted by molar-refractivity contribution is -0.136. The number of nitrogens with zero attached hydrogens (tertiary/aromatic N) is 2. The second-order valence-electron chi connectivity index (χ2n) is 2.96. The van der Waals surface area contributed by atoms with Gasteiger partial charge >= 0.3 is 5.97 Å². The quantitative estimate of drug-likeness (QED) is 0.328. The maximum atomic E-state index is 10.8. The van der Waals surface area contributed by atoms with Crippen LogP contribution in [0, 0.1) is 0 Å².